The van der Waals surface area contributed by atoms with Crippen molar-refractivity contribution in [3.8, 4) is 0 Å². The molecule has 0 spiro atoms. The first-order chi connectivity index (χ1) is 18.1. The molecule has 7 nitrogen and oxygen atoms in total. The van der Waals surface area contributed by atoms with Crippen molar-refractivity contribution in [2.45, 2.75) is 44.3 Å². The zero-order valence-corrected chi connectivity index (χ0v) is 20.3. The lowest BCUT2D eigenvalue weighted by Gasteiger charge is -2.35. The molecule has 0 aliphatic carbocycles. The maximum Gasteiger partial charge on any atom is 0.416 e. The van der Waals surface area contributed by atoms with Crippen LogP contribution in [0.5, 0.6) is 0 Å². The van der Waals surface area contributed by atoms with Crippen molar-refractivity contribution in [1.29, 1.82) is 0 Å². The standard InChI is InChI=1S/C28H26F3N3O4/c29-28(30,31)22-13-7-6-11-20(22)14-23(25(32)35)33-26(36)24-15-19-10-4-5-12-21(19)16-34(24)27(37)38-17-18-8-2-1-3-9-18/h1-13,23-24H,14-17H2,(H2,32,35)(H,33,36)/t23-,24+/m1/s1. The predicted octanol–water partition coefficient (Wildman–Crippen LogP) is 3.98. The number of carbonyl (C=O) groups excluding carboxylic acids is 3. The Morgan fingerprint density at radius 1 is 0.947 bits per heavy atom. The number of carbonyl (C=O) groups is 3. The van der Waals surface area contributed by atoms with Crippen molar-refractivity contribution < 1.29 is 32.3 Å². The zero-order valence-electron chi connectivity index (χ0n) is 20.3. The number of nitrogens with zero attached hydrogens (tertiary/aromatic N) is 1. The SMILES string of the molecule is NC(=O)[C@@H](Cc1ccccc1C(F)(F)F)NC(=O)[C@@H]1Cc2ccccc2CN1C(=O)OCc1ccccc1. The van der Waals surface area contributed by atoms with Crippen LogP contribution in [0, 0.1) is 0 Å². The lowest BCUT2D eigenvalue weighted by molar-refractivity contribution is -0.138. The largest absolute Gasteiger partial charge is 0.445 e. The third kappa shape index (κ3) is 6.31. The molecule has 0 fully saturated rings. The maximum absolute atomic E-state index is 13.5. The highest BCUT2D eigenvalue weighted by atomic mass is 19.4. The summed E-state index contributed by atoms with van der Waals surface area (Å²) in [5, 5.41) is 2.47. The predicted molar refractivity (Wildman–Crippen MR) is 132 cm³/mol. The smallest absolute Gasteiger partial charge is 0.416 e. The number of hydrogen-bond acceptors (Lipinski definition) is 4. The molecular formula is C28H26F3N3O4. The van der Waals surface area contributed by atoms with Gasteiger partial charge >= 0.3 is 12.3 Å². The number of nitrogens with one attached hydrogen (secondary N) is 1. The number of fused-ring (bicyclic) bond motifs is 1. The van der Waals surface area contributed by atoms with Gasteiger partial charge in [0.2, 0.25) is 11.8 Å². The van der Waals surface area contributed by atoms with Crippen molar-refractivity contribution in [1.82, 2.24) is 10.2 Å². The second-order valence-electron chi connectivity index (χ2n) is 8.98. The van der Waals surface area contributed by atoms with E-state index in [0.717, 1.165) is 22.8 Å². The van der Waals surface area contributed by atoms with E-state index in [1.54, 1.807) is 30.3 Å². The Morgan fingerprint density at radius 2 is 1.58 bits per heavy atom. The van der Waals surface area contributed by atoms with Crippen molar-refractivity contribution in [2.24, 2.45) is 5.73 Å². The van der Waals surface area contributed by atoms with E-state index in [4.69, 9.17) is 10.5 Å². The Labute approximate surface area is 217 Å². The van der Waals surface area contributed by atoms with E-state index in [1.807, 2.05) is 24.3 Å². The van der Waals surface area contributed by atoms with Gasteiger partial charge in [-0.05, 0) is 28.3 Å². The topological polar surface area (TPSA) is 102 Å². The van der Waals surface area contributed by atoms with Crippen LogP contribution in [0.2, 0.25) is 0 Å². The number of benzene rings is 3. The summed E-state index contributed by atoms with van der Waals surface area (Å²) >= 11 is 0. The van der Waals surface area contributed by atoms with E-state index >= 15 is 0 Å². The molecule has 0 bridgehead atoms. The molecule has 0 unspecified atom stereocenters. The van der Waals surface area contributed by atoms with E-state index in [2.05, 4.69) is 5.32 Å². The third-order valence-corrected chi connectivity index (χ3v) is 6.40. The molecular weight excluding hydrogens is 499 g/mol. The average molecular weight is 526 g/mol. The van der Waals surface area contributed by atoms with Crippen LogP contribution in [0.1, 0.15) is 27.8 Å². The van der Waals surface area contributed by atoms with Gasteiger partial charge in [0.05, 0.1) is 12.1 Å². The molecule has 0 saturated heterocycles. The van der Waals surface area contributed by atoms with E-state index in [9.17, 15) is 27.6 Å². The monoisotopic (exact) mass is 525 g/mol. The van der Waals surface area contributed by atoms with Gasteiger partial charge in [-0.2, -0.15) is 13.2 Å². The fourth-order valence-electron chi connectivity index (χ4n) is 4.44. The average Bonchev–Trinajstić information content (AvgIpc) is 2.90. The molecule has 3 N–H and O–H groups in total. The van der Waals surface area contributed by atoms with Gasteiger partial charge < -0.3 is 15.8 Å². The molecule has 0 aromatic heterocycles. The van der Waals surface area contributed by atoms with Crippen LogP contribution in [0.4, 0.5) is 18.0 Å². The Balaban J connectivity index is 1.54. The van der Waals surface area contributed by atoms with Crippen LogP contribution in [0.15, 0.2) is 78.9 Å². The summed E-state index contributed by atoms with van der Waals surface area (Å²) in [5.74, 6) is -1.71. The molecule has 1 heterocycles. The number of halogens is 3. The first-order valence-corrected chi connectivity index (χ1v) is 11.9. The van der Waals surface area contributed by atoms with Crippen molar-refractivity contribution >= 4 is 17.9 Å². The quantitative estimate of drug-likeness (QED) is 0.487. The van der Waals surface area contributed by atoms with Crippen LogP contribution in [-0.2, 0) is 46.5 Å². The number of amides is 3. The number of ether oxygens (including phenoxy) is 1. The molecule has 0 radical (unpaired) electrons. The lowest BCUT2D eigenvalue weighted by Crippen LogP contribution is -2.56. The molecule has 1 aliphatic rings. The van der Waals surface area contributed by atoms with Crippen molar-refractivity contribution in [3.05, 3.63) is 107 Å². The molecule has 3 amide bonds. The Bertz CT molecular complexity index is 1310. The summed E-state index contributed by atoms with van der Waals surface area (Å²) in [6.07, 6.45) is -5.71. The fraction of sp³-hybridized carbons (Fsp3) is 0.250. The zero-order chi connectivity index (χ0) is 27.3. The molecule has 3 aromatic rings. The molecule has 4 rings (SSSR count). The van der Waals surface area contributed by atoms with E-state index in [-0.39, 0.29) is 25.1 Å². The molecule has 2 atom stereocenters. The van der Waals surface area contributed by atoms with Gasteiger partial charge in [0.25, 0.3) is 0 Å². The minimum Gasteiger partial charge on any atom is -0.445 e. The second-order valence-corrected chi connectivity index (χ2v) is 8.98. The summed E-state index contributed by atoms with van der Waals surface area (Å²) in [7, 11) is 0. The number of nitrogens with two attached hydrogens (primary N) is 1. The highest BCUT2D eigenvalue weighted by Crippen LogP contribution is 2.32. The van der Waals surface area contributed by atoms with Crippen LogP contribution in [0.3, 0.4) is 0 Å². The molecule has 198 valence electrons. The molecule has 1 aliphatic heterocycles. The van der Waals surface area contributed by atoms with Gasteiger partial charge in [-0.15, -0.1) is 0 Å². The fourth-order valence-corrected chi connectivity index (χ4v) is 4.44. The Hall–Kier alpha value is -4.34. The lowest BCUT2D eigenvalue weighted by atomic mass is 9.93. The number of rotatable bonds is 7. The first-order valence-electron chi connectivity index (χ1n) is 11.9. The van der Waals surface area contributed by atoms with Crippen LogP contribution in [-0.4, -0.2) is 34.9 Å². The maximum atomic E-state index is 13.5. The van der Waals surface area contributed by atoms with Gasteiger partial charge in [-0.1, -0.05) is 72.8 Å². The first kappa shape index (κ1) is 26.7. The summed E-state index contributed by atoms with van der Waals surface area (Å²) in [4.78, 5) is 39.9. The van der Waals surface area contributed by atoms with Gasteiger partial charge in [-0.25, -0.2) is 4.79 Å². The van der Waals surface area contributed by atoms with Gasteiger partial charge in [0, 0.05) is 12.8 Å². The second kappa shape index (κ2) is 11.4. The van der Waals surface area contributed by atoms with Crippen LogP contribution >= 0.6 is 0 Å². The molecule has 3 aromatic carbocycles. The highest BCUT2D eigenvalue weighted by Gasteiger charge is 2.38. The van der Waals surface area contributed by atoms with Crippen molar-refractivity contribution in [2.75, 3.05) is 0 Å². The molecule has 0 saturated carbocycles. The van der Waals surface area contributed by atoms with Crippen molar-refractivity contribution in [3.63, 3.8) is 0 Å². The Morgan fingerprint density at radius 3 is 2.26 bits per heavy atom. The highest BCUT2D eigenvalue weighted by molar-refractivity contribution is 5.91. The third-order valence-electron chi connectivity index (χ3n) is 6.40. The van der Waals surface area contributed by atoms with Crippen LogP contribution in [0.25, 0.3) is 0 Å². The van der Waals surface area contributed by atoms with E-state index < -0.39 is 48.2 Å². The normalized spacial score (nSPS) is 15.8. The molecule has 10 heteroatoms. The van der Waals surface area contributed by atoms with Gasteiger partial charge in [-0.3, -0.25) is 14.5 Å². The summed E-state index contributed by atoms with van der Waals surface area (Å²) in [6, 6.07) is 18.6. The van der Waals surface area contributed by atoms with Gasteiger partial charge in [0.1, 0.15) is 18.7 Å². The number of hydrogen-bond donors (Lipinski definition) is 2. The van der Waals surface area contributed by atoms with Crippen LogP contribution < -0.4 is 11.1 Å². The van der Waals surface area contributed by atoms with Gasteiger partial charge in [0.15, 0.2) is 0 Å². The summed E-state index contributed by atoms with van der Waals surface area (Å²) in [5.41, 5.74) is 6.79. The van der Waals surface area contributed by atoms with E-state index in [1.165, 1.54) is 23.1 Å². The minimum atomic E-state index is -4.64. The number of alkyl halides is 3. The minimum absolute atomic E-state index is 0.00963. The summed E-state index contributed by atoms with van der Waals surface area (Å²) in [6.45, 7) is 0.0737. The summed E-state index contributed by atoms with van der Waals surface area (Å²) < 4.78 is 45.9. The number of primary amides is 1. The Kier molecular flexibility index (Phi) is 7.99. The molecule has 38 heavy (non-hydrogen) atoms. The van der Waals surface area contributed by atoms with E-state index in [0.29, 0.717) is 0 Å².